The van der Waals surface area contributed by atoms with Crippen molar-refractivity contribution in [3.63, 3.8) is 0 Å². The number of amides is 2. The zero-order valence-electron chi connectivity index (χ0n) is 17.3. The lowest BCUT2D eigenvalue weighted by atomic mass is 10.1. The fourth-order valence-electron chi connectivity index (χ4n) is 3.04. The van der Waals surface area contributed by atoms with Gasteiger partial charge in [-0.3, -0.25) is 14.5 Å². The quantitative estimate of drug-likeness (QED) is 0.550. The van der Waals surface area contributed by atoms with Crippen molar-refractivity contribution in [3.05, 3.63) is 57.4 Å². The highest BCUT2D eigenvalue weighted by Gasteiger charge is 2.30. The Morgan fingerprint density at radius 3 is 2.73 bits per heavy atom. The highest BCUT2D eigenvalue weighted by molar-refractivity contribution is 9.10. The van der Waals surface area contributed by atoms with E-state index in [0.717, 1.165) is 32.8 Å². The number of thioether (sulfide) groups is 1. The summed E-state index contributed by atoms with van der Waals surface area (Å²) in [5.74, 6) is 0.907. The SMILES string of the molecule is COc1ccc(/C=C2/Sc3ccccc3N(CC(=O)NCCC(C)C)C2=O)cc1Br. The van der Waals surface area contributed by atoms with E-state index in [1.165, 1.54) is 11.8 Å². The van der Waals surface area contributed by atoms with E-state index >= 15 is 0 Å². The maximum Gasteiger partial charge on any atom is 0.265 e. The Labute approximate surface area is 190 Å². The van der Waals surface area contributed by atoms with E-state index in [9.17, 15) is 9.59 Å². The van der Waals surface area contributed by atoms with Crippen LogP contribution in [0.5, 0.6) is 5.75 Å². The molecule has 1 N–H and O–H groups in total. The molecule has 1 heterocycles. The number of nitrogens with zero attached hydrogens (tertiary/aromatic N) is 1. The highest BCUT2D eigenvalue weighted by Crippen LogP contribution is 2.42. The fraction of sp³-hybridized carbons (Fsp3) is 0.304. The molecule has 2 aromatic carbocycles. The summed E-state index contributed by atoms with van der Waals surface area (Å²) in [6.07, 6.45) is 2.75. The first kappa shape index (κ1) is 22.4. The number of rotatable bonds is 7. The van der Waals surface area contributed by atoms with Gasteiger partial charge in [-0.1, -0.05) is 43.8 Å². The Kier molecular flexibility index (Phi) is 7.61. The minimum atomic E-state index is -0.176. The van der Waals surface area contributed by atoms with Crippen LogP contribution in [0.3, 0.4) is 0 Å². The number of fused-ring (bicyclic) bond motifs is 1. The lowest BCUT2D eigenvalue weighted by Crippen LogP contribution is -2.43. The van der Waals surface area contributed by atoms with Gasteiger partial charge in [0.25, 0.3) is 5.91 Å². The van der Waals surface area contributed by atoms with Gasteiger partial charge in [0.1, 0.15) is 12.3 Å². The molecule has 30 heavy (non-hydrogen) atoms. The number of hydrogen-bond acceptors (Lipinski definition) is 4. The van der Waals surface area contributed by atoms with Crippen molar-refractivity contribution in [2.45, 2.75) is 25.2 Å². The van der Waals surface area contributed by atoms with Gasteiger partial charge in [0.2, 0.25) is 5.91 Å². The number of para-hydroxylation sites is 1. The van der Waals surface area contributed by atoms with E-state index in [0.29, 0.717) is 17.4 Å². The molecular formula is C23H25BrN2O3S. The number of ether oxygens (including phenoxy) is 1. The molecule has 0 aromatic heterocycles. The largest absolute Gasteiger partial charge is 0.496 e. The number of halogens is 1. The molecule has 0 fully saturated rings. The Hall–Kier alpha value is -2.25. The number of benzene rings is 2. The van der Waals surface area contributed by atoms with Crippen LogP contribution in [0.4, 0.5) is 5.69 Å². The smallest absolute Gasteiger partial charge is 0.265 e. The molecule has 0 spiro atoms. The first-order valence-corrected chi connectivity index (χ1v) is 11.4. The zero-order chi connectivity index (χ0) is 21.7. The van der Waals surface area contributed by atoms with Crippen LogP contribution < -0.4 is 15.0 Å². The van der Waals surface area contributed by atoms with Crippen molar-refractivity contribution in [2.24, 2.45) is 5.92 Å². The van der Waals surface area contributed by atoms with Crippen LogP contribution in [0.25, 0.3) is 6.08 Å². The number of hydrogen-bond donors (Lipinski definition) is 1. The lowest BCUT2D eigenvalue weighted by Gasteiger charge is -2.29. The third-order valence-corrected chi connectivity index (χ3v) is 6.35. The summed E-state index contributed by atoms with van der Waals surface area (Å²) < 4.78 is 6.09. The second-order valence-corrected chi connectivity index (χ2v) is 9.33. The number of carbonyl (C=O) groups excluding carboxylic acids is 2. The van der Waals surface area contributed by atoms with E-state index in [4.69, 9.17) is 4.74 Å². The lowest BCUT2D eigenvalue weighted by molar-refractivity contribution is -0.122. The summed E-state index contributed by atoms with van der Waals surface area (Å²) in [5, 5.41) is 2.92. The molecule has 7 heteroatoms. The standard InChI is InChI=1S/C23H25BrN2O3S/c1-15(2)10-11-25-22(27)14-26-18-6-4-5-7-20(18)30-21(23(26)28)13-16-8-9-19(29-3)17(24)12-16/h4-9,12-13,15H,10-11,14H2,1-3H3,(H,25,27)/b21-13+. The molecule has 1 aliphatic heterocycles. The monoisotopic (exact) mass is 488 g/mol. The first-order chi connectivity index (χ1) is 14.4. The Morgan fingerprint density at radius 2 is 2.03 bits per heavy atom. The summed E-state index contributed by atoms with van der Waals surface area (Å²) in [6, 6.07) is 13.3. The number of anilines is 1. The van der Waals surface area contributed by atoms with Crippen LogP contribution in [-0.4, -0.2) is 32.0 Å². The van der Waals surface area contributed by atoms with E-state index in [2.05, 4.69) is 35.1 Å². The van der Waals surface area contributed by atoms with Gasteiger partial charge in [0, 0.05) is 11.4 Å². The molecule has 3 rings (SSSR count). The molecular weight excluding hydrogens is 464 g/mol. The van der Waals surface area contributed by atoms with Crippen LogP contribution >= 0.6 is 27.7 Å². The average molecular weight is 489 g/mol. The molecule has 0 unspecified atom stereocenters. The Balaban J connectivity index is 1.85. The van der Waals surface area contributed by atoms with Crippen LogP contribution in [0.15, 0.2) is 56.7 Å². The van der Waals surface area contributed by atoms with Crippen molar-refractivity contribution >= 4 is 51.3 Å². The van der Waals surface area contributed by atoms with Gasteiger partial charge < -0.3 is 10.1 Å². The van der Waals surface area contributed by atoms with Crippen molar-refractivity contribution < 1.29 is 14.3 Å². The average Bonchev–Trinajstić information content (AvgIpc) is 2.71. The van der Waals surface area contributed by atoms with Crippen molar-refractivity contribution in [3.8, 4) is 5.75 Å². The third kappa shape index (κ3) is 5.46. The summed E-state index contributed by atoms with van der Waals surface area (Å²) in [5.41, 5.74) is 1.64. The first-order valence-electron chi connectivity index (χ1n) is 9.79. The molecule has 0 saturated carbocycles. The van der Waals surface area contributed by atoms with E-state index in [1.54, 1.807) is 12.0 Å². The predicted octanol–water partition coefficient (Wildman–Crippen LogP) is 5.10. The van der Waals surface area contributed by atoms with Gasteiger partial charge in [-0.05, 0) is 64.2 Å². The molecule has 5 nitrogen and oxygen atoms in total. The second-order valence-electron chi connectivity index (χ2n) is 7.40. The third-order valence-electron chi connectivity index (χ3n) is 4.65. The summed E-state index contributed by atoms with van der Waals surface area (Å²) in [6.45, 7) is 4.83. The Bertz CT molecular complexity index is 975. The van der Waals surface area contributed by atoms with Gasteiger partial charge >= 0.3 is 0 Å². The van der Waals surface area contributed by atoms with Gasteiger partial charge in [0.05, 0.1) is 22.2 Å². The molecule has 0 atom stereocenters. The van der Waals surface area contributed by atoms with E-state index < -0.39 is 0 Å². The molecule has 2 amide bonds. The van der Waals surface area contributed by atoms with Crippen molar-refractivity contribution in [1.82, 2.24) is 5.32 Å². The van der Waals surface area contributed by atoms with Gasteiger partial charge in [0.15, 0.2) is 0 Å². The topological polar surface area (TPSA) is 58.6 Å². The van der Waals surface area contributed by atoms with Crippen LogP contribution in [0.2, 0.25) is 0 Å². The van der Waals surface area contributed by atoms with Crippen molar-refractivity contribution in [1.29, 1.82) is 0 Å². The maximum absolute atomic E-state index is 13.2. The summed E-state index contributed by atoms with van der Waals surface area (Å²) in [7, 11) is 1.61. The predicted molar refractivity (Wildman–Crippen MR) is 126 cm³/mol. The molecule has 0 aliphatic carbocycles. The fourth-order valence-corrected chi connectivity index (χ4v) is 4.66. The van der Waals surface area contributed by atoms with Gasteiger partial charge in [-0.15, -0.1) is 0 Å². The van der Waals surface area contributed by atoms with E-state index in [-0.39, 0.29) is 18.4 Å². The Morgan fingerprint density at radius 1 is 1.27 bits per heavy atom. The van der Waals surface area contributed by atoms with E-state index in [1.807, 2.05) is 48.5 Å². The molecule has 0 radical (unpaired) electrons. The number of carbonyl (C=O) groups is 2. The summed E-state index contributed by atoms with van der Waals surface area (Å²) >= 11 is 4.90. The maximum atomic E-state index is 13.2. The number of nitrogens with one attached hydrogen (secondary N) is 1. The molecule has 0 saturated heterocycles. The normalized spacial score (nSPS) is 14.8. The van der Waals surface area contributed by atoms with Gasteiger partial charge in [-0.25, -0.2) is 0 Å². The second kappa shape index (κ2) is 10.2. The minimum absolute atomic E-state index is 0.00184. The zero-order valence-corrected chi connectivity index (χ0v) is 19.7. The number of methoxy groups -OCH3 is 1. The highest BCUT2D eigenvalue weighted by atomic mass is 79.9. The minimum Gasteiger partial charge on any atom is -0.496 e. The molecule has 1 aliphatic rings. The van der Waals surface area contributed by atoms with Gasteiger partial charge in [-0.2, -0.15) is 0 Å². The van der Waals surface area contributed by atoms with Crippen LogP contribution in [0.1, 0.15) is 25.8 Å². The van der Waals surface area contributed by atoms with Crippen LogP contribution in [-0.2, 0) is 9.59 Å². The van der Waals surface area contributed by atoms with Crippen LogP contribution in [0, 0.1) is 5.92 Å². The van der Waals surface area contributed by atoms with Crippen molar-refractivity contribution in [2.75, 3.05) is 25.1 Å². The molecule has 2 aromatic rings. The molecule has 158 valence electrons. The summed E-state index contributed by atoms with van der Waals surface area (Å²) in [4.78, 5) is 28.8. The molecule has 0 bridgehead atoms.